The molecule has 15 heteroatoms. The first-order valence-electron chi connectivity index (χ1n) is 24.0. The fourth-order valence-electron chi connectivity index (χ4n) is 8.27. The molecular formula is C60H60O15. The third-order valence-electron chi connectivity index (χ3n) is 11.9. The predicted octanol–water partition coefficient (Wildman–Crippen LogP) is 7.68. The van der Waals surface area contributed by atoms with Gasteiger partial charge in [-0.3, -0.25) is 0 Å². The summed E-state index contributed by atoms with van der Waals surface area (Å²) in [6.45, 7) is 0.596. The number of terminal acetylenes is 3. The minimum Gasteiger partial charge on any atom is -0.493 e. The summed E-state index contributed by atoms with van der Waals surface area (Å²) in [5, 5.41) is 29.0. The molecule has 7 rings (SSSR count). The van der Waals surface area contributed by atoms with Crippen LogP contribution in [0, 0.1) is 37.0 Å². The number of rotatable bonds is 27. The molecule has 0 radical (unpaired) electrons. The summed E-state index contributed by atoms with van der Waals surface area (Å²) in [7, 11) is 4.80. The first-order valence-corrected chi connectivity index (χ1v) is 24.0. The second-order valence-corrected chi connectivity index (χ2v) is 16.7. The van der Waals surface area contributed by atoms with E-state index >= 15 is 0 Å². The van der Waals surface area contributed by atoms with Crippen molar-refractivity contribution in [2.75, 3.05) is 80.8 Å². The number of aliphatic hydroxyl groups excluding tert-OH is 3. The van der Waals surface area contributed by atoms with Crippen LogP contribution in [0.3, 0.4) is 0 Å². The zero-order valence-electron chi connectivity index (χ0n) is 42.2. The Morgan fingerprint density at radius 2 is 0.547 bits per heavy atom. The highest BCUT2D eigenvalue weighted by molar-refractivity contribution is 5.58. The van der Waals surface area contributed by atoms with Gasteiger partial charge < -0.3 is 72.2 Å². The Morgan fingerprint density at radius 1 is 0.320 bits per heavy atom. The Morgan fingerprint density at radius 3 is 0.773 bits per heavy atom. The van der Waals surface area contributed by atoms with E-state index in [1.165, 1.54) is 0 Å². The van der Waals surface area contributed by atoms with Crippen molar-refractivity contribution < 1.29 is 72.2 Å². The highest BCUT2D eigenvalue weighted by atomic mass is 16.6. The molecule has 0 unspecified atom stereocenters. The lowest BCUT2D eigenvalue weighted by atomic mass is 9.94. The maximum absolute atomic E-state index is 9.67. The molecule has 0 atom stereocenters. The van der Waals surface area contributed by atoms with E-state index in [1.807, 2.05) is 36.4 Å². The van der Waals surface area contributed by atoms with Crippen molar-refractivity contribution in [2.45, 2.75) is 39.1 Å². The molecule has 1 aliphatic carbocycles. The van der Waals surface area contributed by atoms with Gasteiger partial charge in [0, 0.05) is 0 Å². The monoisotopic (exact) mass is 1020 g/mol. The molecule has 0 saturated heterocycles. The first-order chi connectivity index (χ1) is 36.7. The second-order valence-electron chi connectivity index (χ2n) is 16.7. The molecule has 0 spiro atoms. The zero-order valence-corrected chi connectivity index (χ0v) is 42.2. The van der Waals surface area contributed by atoms with Crippen LogP contribution in [0.4, 0.5) is 0 Å². The molecule has 0 fully saturated rings. The van der Waals surface area contributed by atoms with Gasteiger partial charge in [0.15, 0.2) is 69.0 Å². The number of fused-ring (bicyclic) bond motifs is 3. The fraction of sp³-hybridized carbons (Fsp3) is 0.300. The van der Waals surface area contributed by atoms with E-state index in [0.717, 1.165) is 33.4 Å². The predicted molar refractivity (Wildman–Crippen MR) is 280 cm³/mol. The molecule has 0 heterocycles. The van der Waals surface area contributed by atoms with Crippen LogP contribution < -0.4 is 56.8 Å². The molecule has 15 nitrogen and oxygen atoms in total. The maximum Gasteiger partial charge on any atom is 0.163 e. The molecule has 3 N–H and O–H groups in total. The quantitative estimate of drug-likeness (QED) is 0.0338. The van der Waals surface area contributed by atoms with E-state index in [2.05, 4.69) is 17.8 Å². The van der Waals surface area contributed by atoms with Crippen molar-refractivity contribution in [3.05, 3.63) is 141 Å². The van der Waals surface area contributed by atoms with Gasteiger partial charge in [-0.05, 0) is 142 Å². The van der Waals surface area contributed by atoms with E-state index in [-0.39, 0.29) is 79.3 Å². The van der Waals surface area contributed by atoms with Crippen LogP contribution in [0.15, 0.2) is 91.0 Å². The van der Waals surface area contributed by atoms with Crippen LogP contribution in [-0.2, 0) is 39.1 Å². The maximum atomic E-state index is 9.67. The minimum absolute atomic E-state index is 0.0377. The van der Waals surface area contributed by atoms with E-state index < -0.39 is 0 Å². The van der Waals surface area contributed by atoms with Crippen LogP contribution in [0.5, 0.6) is 69.0 Å². The zero-order chi connectivity index (χ0) is 52.9. The Hall–Kier alpha value is -8.52. The molecule has 6 aromatic carbocycles. The first kappa shape index (κ1) is 54.3. The van der Waals surface area contributed by atoms with Gasteiger partial charge in [-0.25, -0.2) is 0 Å². The van der Waals surface area contributed by atoms with Crippen LogP contribution in [0.25, 0.3) is 0 Å². The summed E-state index contributed by atoms with van der Waals surface area (Å²) in [6.07, 6.45) is 17.8. The van der Waals surface area contributed by atoms with Gasteiger partial charge in [0.1, 0.15) is 59.5 Å². The molecule has 1 aliphatic rings. The van der Waals surface area contributed by atoms with Gasteiger partial charge in [-0.1, -0.05) is 36.0 Å². The fourth-order valence-corrected chi connectivity index (χ4v) is 8.27. The van der Waals surface area contributed by atoms with Crippen LogP contribution in [0.2, 0.25) is 0 Å². The molecule has 6 aromatic rings. The normalized spacial score (nSPS) is 11.2. The summed E-state index contributed by atoms with van der Waals surface area (Å²) in [4.78, 5) is 0. The van der Waals surface area contributed by atoms with E-state index in [4.69, 9.17) is 76.1 Å². The van der Waals surface area contributed by atoms with E-state index in [1.54, 1.807) is 75.9 Å². The lowest BCUT2D eigenvalue weighted by Crippen LogP contribution is -2.12. The molecule has 390 valence electrons. The topological polar surface area (TPSA) is 171 Å². The van der Waals surface area contributed by atoms with Gasteiger partial charge >= 0.3 is 0 Å². The van der Waals surface area contributed by atoms with Gasteiger partial charge in [-0.2, -0.15) is 0 Å². The summed E-state index contributed by atoms with van der Waals surface area (Å²) in [5.41, 5.74) is 7.87. The van der Waals surface area contributed by atoms with Crippen molar-refractivity contribution in [1.29, 1.82) is 0 Å². The average molecular weight is 1020 g/mol. The lowest BCUT2D eigenvalue weighted by Gasteiger charge is -2.19. The van der Waals surface area contributed by atoms with E-state index in [9.17, 15) is 15.3 Å². The number of hydrogen-bond acceptors (Lipinski definition) is 15. The second kappa shape index (κ2) is 27.5. The van der Waals surface area contributed by atoms with E-state index in [0.29, 0.717) is 105 Å². The largest absolute Gasteiger partial charge is 0.493 e. The Balaban J connectivity index is 1.18. The lowest BCUT2D eigenvalue weighted by molar-refractivity contribution is 0.204. The Labute approximate surface area is 437 Å². The van der Waals surface area contributed by atoms with Crippen molar-refractivity contribution >= 4 is 0 Å². The SMILES string of the molecule is C#CCOc1cc(CO)ccc1OCCOc1cc2c(cc1OC)Cc1cc(OCCOc3ccc(CO)cc3OCC#C)c(OC)cc1Cc1cc(OCCOc3ccc(CO)cc3OCC#C)c(OC)cc1C2. The summed E-state index contributed by atoms with van der Waals surface area (Å²) < 4.78 is 72.3. The van der Waals surface area contributed by atoms with Crippen molar-refractivity contribution in [1.82, 2.24) is 0 Å². The van der Waals surface area contributed by atoms with Gasteiger partial charge in [-0.15, -0.1) is 19.3 Å². The number of benzene rings is 6. The molecular weight excluding hydrogens is 961 g/mol. The third-order valence-corrected chi connectivity index (χ3v) is 11.9. The average Bonchev–Trinajstić information content (AvgIpc) is 3.49. The van der Waals surface area contributed by atoms with Gasteiger partial charge in [0.25, 0.3) is 0 Å². The van der Waals surface area contributed by atoms with Crippen LogP contribution >= 0.6 is 0 Å². The van der Waals surface area contributed by atoms with Crippen molar-refractivity contribution in [2.24, 2.45) is 0 Å². The smallest absolute Gasteiger partial charge is 0.163 e. The Kier molecular flexibility index (Phi) is 19.9. The summed E-state index contributed by atoms with van der Waals surface area (Å²) in [6, 6.07) is 27.5. The number of methoxy groups -OCH3 is 3. The molecule has 0 aliphatic heterocycles. The van der Waals surface area contributed by atoms with Gasteiger partial charge in [0.05, 0.1) is 41.2 Å². The third kappa shape index (κ3) is 14.4. The van der Waals surface area contributed by atoms with Crippen LogP contribution in [-0.4, -0.2) is 96.1 Å². The number of hydrogen-bond donors (Lipinski definition) is 3. The number of ether oxygens (including phenoxy) is 12. The molecule has 75 heavy (non-hydrogen) atoms. The minimum atomic E-state index is -0.162. The highest BCUT2D eigenvalue weighted by Crippen LogP contribution is 2.42. The summed E-state index contributed by atoms with van der Waals surface area (Å²) >= 11 is 0. The molecule has 0 aromatic heterocycles. The highest BCUT2D eigenvalue weighted by Gasteiger charge is 2.23. The van der Waals surface area contributed by atoms with Gasteiger partial charge in [0.2, 0.25) is 0 Å². The van der Waals surface area contributed by atoms with Crippen molar-refractivity contribution in [3.63, 3.8) is 0 Å². The molecule has 0 saturated carbocycles. The Bertz CT molecular complexity index is 2700. The standard InChI is InChI=1S/C60H60O15/c1-7-16-67-55-25-40(37-61)10-13-49(55)70-19-22-73-58-34-46-28-44-32-53(65-5)60(75-24-21-72-51-15-12-42(39-63)27-57(51)69-18-9-3)36-48(44)30-45-33-54(66-6)59(35-47(45)29-43(46)31-52(58)64-4)74-23-20-71-50-14-11-41(38-62)26-56(50)68-17-8-2/h1-3,10-15,25-27,31-36,61-63H,16-24,28-30,37-39H2,4-6H3. The number of aliphatic hydroxyl groups is 3. The van der Waals surface area contributed by atoms with Crippen molar-refractivity contribution in [3.8, 4) is 106 Å². The molecule has 0 bridgehead atoms. The molecule has 0 amide bonds. The summed E-state index contributed by atoms with van der Waals surface area (Å²) in [5.74, 6) is 13.1. The van der Waals surface area contributed by atoms with Crippen LogP contribution in [0.1, 0.15) is 50.1 Å².